The van der Waals surface area contributed by atoms with E-state index >= 15 is 0 Å². The summed E-state index contributed by atoms with van der Waals surface area (Å²) in [6.45, 7) is 5.83. The first-order chi connectivity index (χ1) is 8.31. The predicted molar refractivity (Wildman–Crippen MR) is 70.4 cm³/mol. The van der Waals surface area contributed by atoms with E-state index in [9.17, 15) is 4.79 Å². The van der Waals surface area contributed by atoms with Crippen molar-refractivity contribution in [2.75, 3.05) is 36.4 Å². The highest BCUT2D eigenvalue weighted by molar-refractivity contribution is 5.94. The molecule has 1 heterocycles. The molecule has 2 N–H and O–H groups in total. The maximum atomic E-state index is 11.5. The largest absolute Gasteiger partial charge is 0.367 e. The number of anilines is 2. The lowest BCUT2D eigenvalue weighted by molar-refractivity contribution is -0.115. The number of piperazine rings is 1. The Morgan fingerprint density at radius 2 is 2.06 bits per heavy atom. The van der Waals surface area contributed by atoms with E-state index in [0.717, 1.165) is 37.6 Å². The third-order valence-electron chi connectivity index (χ3n) is 2.96. The van der Waals surface area contributed by atoms with Crippen LogP contribution >= 0.6 is 0 Å². The minimum Gasteiger partial charge on any atom is -0.367 e. The summed E-state index contributed by atoms with van der Waals surface area (Å²) in [6.07, 6.45) is 0.510. The first-order valence-electron chi connectivity index (χ1n) is 6.16. The van der Waals surface area contributed by atoms with Gasteiger partial charge in [-0.05, 0) is 12.1 Å². The van der Waals surface area contributed by atoms with Crippen molar-refractivity contribution in [2.45, 2.75) is 13.3 Å². The zero-order valence-electron chi connectivity index (χ0n) is 10.2. The van der Waals surface area contributed by atoms with Crippen molar-refractivity contribution in [2.24, 2.45) is 0 Å². The molecule has 1 fully saturated rings. The Kier molecular flexibility index (Phi) is 3.98. The zero-order valence-corrected chi connectivity index (χ0v) is 10.2. The summed E-state index contributed by atoms with van der Waals surface area (Å²) >= 11 is 0. The molecule has 0 atom stereocenters. The lowest BCUT2D eigenvalue weighted by Gasteiger charge is -2.31. The van der Waals surface area contributed by atoms with Crippen molar-refractivity contribution in [3.05, 3.63) is 24.3 Å². The number of rotatable bonds is 3. The average molecular weight is 233 g/mol. The van der Waals surface area contributed by atoms with E-state index in [2.05, 4.69) is 21.6 Å². The number of nitrogens with one attached hydrogen (secondary N) is 2. The van der Waals surface area contributed by atoms with Crippen LogP contribution in [0.4, 0.5) is 11.4 Å². The second-order valence-electron chi connectivity index (χ2n) is 4.16. The molecule has 1 amide bonds. The van der Waals surface area contributed by atoms with Crippen LogP contribution in [0.15, 0.2) is 24.3 Å². The van der Waals surface area contributed by atoms with Crippen molar-refractivity contribution in [1.29, 1.82) is 0 Å². The van der Waals surface area contributed by atoms with Crippen LogP contribution in [0.5, 0.6) is 0 Å². The number of amides is 1. The molecule has 0 saturated carbocycles. The number of hydrogen-bond donors (Lipinski definition) is 2. The normalized spacial score (nSPS) is 15.7. The lowest BCUT2D eigenvalue weighted by Crippen LogP contribution is -2.43. The Labute approximate surface area is 102 Å². The van der Waals surface area contributed by atoms with Gasteiger partial charge in [0.1, 0.15) is 0 Å². The molecule has 0 spiro atoms. The first-order valence-corrected chi connectivity index (χ1v) is 6.16. The molecule has 0 aliphatic carbocycles. The number of carbonyl (C=O) groups excluding carboxylic acids is 1. The van der Waals surface area contributed by atoms with Crippen LogP contribution in [0.3, 0.4) is 0 Å². The van der Waals surface area contributed by atoms with Gasteiger partial charge in [0.2, 0.25) is 5.91 Å². The molecule has 0 aromatic heterocycles. The summed E-state index contributed by atoms with van der Waals surface area (Å²) in [7, 11) is 0. The minimum absolute atomic E-state index is 0.0626. The van der Waals surface area contributed by atoms with E-state index < -0.39 is 0 Å². The highest BCUT2D eigenvalue weighted by atomic mass is 16.1. The van der Waals surface area contributed by atoms with Crippen LogP contribution in [-0.2, 0) is 4.79 Å². The maximum Gasteiger partial charge on any atom is 0.224 e. The second kappa shape index (κ2) is 5.68. The van der Waals surface area contributed by atoms with E-state index in [1.807, 2.05) is 25.1 Å². The Morgan fingerprint density at radius 3 is 2.76 bits per heavy atom. The van der Waals surface area contributed by atoms with Gasteiger partial charge in [-0.25, -0.2) is 0 Å². The van der Waals surface area contributed by atoms with Gasteiger partial charge in [-0.15, -0.1) is 0 Å². The summed E-state index contributed by atoms with van der Waals surface area (Å²) in [6, 6.07) is 8.00. The van der Waals surface area contributed by atoms with Gasteiger partial charge in [-0.3, -0.25) is 4.79 Å². The van der Waals surface area contributed by atoms with Crippen molar-refractivity contribution < 1.29 is 4.79 Å². The van der Waals surface area contributed by atoms with E-state index in [0.29, 0.717) is 6.42 Å². The molecule has 4 heteroatoms. The molecule has 1 aliphatic rings. The molecule has 0 bridgehead atoms. The molecule has 1 aromatic carbocycles. The van der Waals surface area contributed by atoms with Gasteiger partial charge in [0.25, 0.3) is 0 Å². The number of carbonyl (C=O) groups is 1. The average Bonchev–Trinajstić information content (AvgIpc) is 2.40. The SMILES string of the molecule is CCC(=O)Nc1ccccc1N1CCNCC1. The maximum absolute atomic E-state index is 11.5. The van der Waals surface area contributed by atoms with Gasteiger partial charge in [0.15, 0.2) is 0 Å². The van der Waals surface area contributed by atoms with Crippen molar-refractivity contribution in [1.82, 2.24) is 5.32 Å². The molecule has 0 unspecified atom stereocenters. The smallest absolute Gasteiger partial charge is 0.224 e. The van der Waals surface area contributed by atoms with Gasteiger partial charge in [0.05, 0.1) is 11.4 Å². The monoisotopic (exact) mass is 233 g/mol. The zero-order chi connectivity index (χ0) is 12.1. The van der Waals surface area contributed by atoms with Gasteiger partial charge in [-0.2, -0.15) is 0 Å². The van der Waals surface area contributed by atoms with Gasteiger partial charge in [-0.1, -0.05) is 19.1 Å². The first kappa shape index (κ1) is 11.9. The second-order valence-corrected chi connectivity index (χ2v) is 4.16. The minimum atomic E-state index is 0.0626. The number of hydrogen-bond acceptors (Lipinski definition) is 3. The quantitative estimate of drug-likeness (QED) is 0.830. The number of nitrogens with zero attached hydrogens (tertiary/aromatic N) is 1. The summed E-state index contributed by atoms with van der Waals surface area (Å²) in [5.41, 5.74) is 2.04. The van der Waals surface area contributed by atoms with E-state index in [1.54, 1.807) is 0 Å². The molecule has 4 nitrogen and oxygen atoms in total. The summed E-state index contributed by atoms with van der Waals surface area (Å²) in [5, 5.41) is 6.28. The third-order valence-corrected chi connectivity index (χ3v) is 2.96. The van der Waals surface area contributed by atoms with Crippen molar-refractivity contribution in [3.63, 3.8) is 0 Å². The van der Waals surface area contributed by atoms with Crippen LogP contribution < -0.4 is 15.5 Å². The van der Waals surface area contributed by atoms with E-state index in [1.165, 1.54) is 0 Å². The van der Waals surface area contributed by atoms with Crippen molar-refractivity contribution >= 4 is 17.3 Å². The molecular weight excluding hydrogens is 214 g/mol. The molecule has 1 aromatic rings. The van der Waals surface area contributed by atoms with Crippen LogP contribution in [0.1, 0.15) is 13.3 Å². The van der Waals surface area contributed by atoms with Crippen LogP contribution in [-0.4, -0.2) is 32.1 Å². The molecule has 92 valence electrons. The fourth-order valence-electron chi connectivity index (χ4n) is 2.00. The van der Waals surface area contributed by atoms with Gasteiger partial charge in [0, 0.05) is 32.6 Å². The van der Waals surface area contributed by atoms with E-state index in [-0.39, 0.29) is 5.91 Å². The molecule has 17 heavy (non-hydrogen) atoms. The highest BCUT2D eigenvalue weighted by Gasteiger charge is 2.14. The highest BCUT2D eigenvalue weighted by Crippen LogP contribution is 2.25. The number of benzene rings is 1. The molecule has 1 saturated heterocycles. The summed E-state index contributed by atoms with van der Waals surface area (Å²) < 4.78 is 0. The van der Waals surface area contributed by atoms with Crippen molar-refractivity contribution in [3.8, 4) is 0 Å². The molecular formula is C13H19N3O. The van der Waals surface area contributed by atoms with Gasteiger partial charge >= 0.3 is 0 Å². The van der Waals surface area contributed by atoms with Gasteiger partial charge < -0.3 is 15.5 Å². The lowest BCUT2D eigenvalue weighted by atomic mass is 10.2. The Balaban J connectivity index is 2.17. The summed E-state index contributed by atoms with van der Waals surface area (Å²) in [5.74, 6) is 0.0626. The molecule has 1 aliphatic heterocycles. The topological polar surface area (TPSA) is 44.4 Å². The predicted octanol–water partition coefficient (Wildman–Crippen LogP) is 1.44. The third kappa shape index (κ3) is 2.97. The molecule has 0 radical (unpaired) electrons. The Hall–Kier alpha value is -1.55. The van der Waals surface area contributed by atoms with E-state index in [4.69, 9.17) is 0 Å². The van der Waals surface area contributed by atoms with Crippen LogP contribution in [0.25, 0.3) is 0 Å². The fourth-order valence-corrected chi connectivity index (χ4v) is 2.00. The molecule has 2 rings (SSSR count). The van der Waals surface area contributed by atoms with Crippen LogP contribution in [0, 0.1) is 0 Å². The standard InChI is InChI=1S/C13H19N3O/c1-2-13(17)15-11-5-3-4-6-12(11)16-9-7-14-8-10-16/h3-6,14H,2,7-10H2,1H3,(H,15,17). The number of para-hydroxylation sites is 2. The Morgan fingerprint density at radius 1 is 1.35 bits per heavy atom. The Bertz CT molecular complexity index is 386. The van der Waals surface area contributed by atoms with Crippen LogP contribution in [0.2, 0.25) is 0 Å². The summed E-state index contributed by atoms with van der Waals surface area (Å²) in [4.78, 5) is 13.8. The fraction of sp³-hybridized carbons (Fsp3) is 0.462.